The molecule has 0 fully saturated rings. The highest BCUT2D eigenvalue weighted by molar-refractivity contribution is 6.33. The molecule has 3 aromatic rings. The molecule has 0 aliphatic carbocycles. The second-order valence-corrected chi connectivity index (χ2v) is 6.28. The van der Waals surface area contributed by atoms with Crippen LogP contribution in [0.2, 0.25) is 5.02 Å². The molecule has 10 heteroatoms. The minimum atomic E-state index is -3.76. The van der Waals surface area contributed by atoms with E-state index in [-0.39, 0.29) is 23.2 Å². The topological polar surface area (TPSA) is 68.0 Å². The van der Waals surface area contributed by atoms with Gasteiger partial charge in [0.25, 0.3) is 0 Å². The van der Waals surface area contributed by atoms with E-state index in [2.05, 4.69) is 20.0 Å². The Hall–Kier alpha value is -2.58. The molecule has 0 saturated carbocycles. The molecule has 3 rings (SSSR count). The number of halogens is 5. The van der Waals surface area contributed by atoms with E-state index in [9.17, 15) is 18.0 Å². The first kappa shape index (κ1) is 19.2. The molecular weight excluding hydrogens is 406 g/mol. The molecule has 140 valence electrons. The van der Waals surface area contributed by atoms with Crippen molar-refractivity contribution in [3.05, 3.63) is 64.8 Å². The largest absolute Gasteiger partial charge is 0.400 e. The van der Waals surface area contributed by atoms with Gasteiger partial charge in [0.05, 0.1) is 17.3 Å². The Labute approximate surface area is 161 Å². The molecular formula is C17H10Cl2F3N3O2. The summed E-state index contributed by atoms with van der Waals surface area (Å²) < 4.78 is 43.3. The van der Waals surface area contributed by atoms with Crippen LogP contribution in [-0.2, 0) is 5.38 Å². The number of benzene rings is 2. The summed E-state index contributed by atoms with van der Waals surface area (Å²) in [6, 6.07) is 9.72. The minimum Gasteiger partial charge on any atom is -0.376 e. The summed E-state index contributed by atoms with van der Waals surface area (Å²) in [5, 5.41) is 2.65. The number of Topliss-reactive ketones (excluding diaryl/α,β-unsaturated/α-hetero) is 1. The predicted molar refractivity (Wildman–Crippen MR) is 93.7 cm³/mol. The van der Waals surface area contributed by atoms with Gasteiger partial charge < -0.3 is 9.84 Å². The maximum atomic E-state index is 13.0. The van der Waals surface area contributed by atoms with E-state index in [1.54, 1.807) is 0 Å². The van der Waals surface area contributed by atoms with Crippen molar-refractivity contribution >= 4 is 34.7 Å². The lowest BCUT2D eigenvalue weighted by molar-refractivity contribution is 0.0551. The third kappa shape index (κ3) is 4.58. The Morgan fingerprint density at radius 1 is 1.19 bits per heavy atom. The fourth-order valence-corrected chi connectivity index (χ4v) is 2.48. The summed E-state index contributed by atoms with van der Waals surface area (Å²) in [5.74, 6) is -1.84. The molecule has 0 bridgehead atoms. The minimum absolute atomic E-state index is 0.0739. The molecule has 0 radical (unpaired) electrons. The van der Waals surface area contributed by atoms with E-state index in [0.29, 0.717) is 16.8 Å². The maximum absolute atomic E-state index is 13.0. The van der Waals surface area contributed by atoms with Crippen LogP contribution in [0.4, 0.5) is 18.9 Å². The van der Waals surface area contributed by atoms with E-state index in [1.807, 2.05) is 0 Å². The van der Waals surface area contributed by atoms with Gasteiger partial charge in [0.2, 0.25) is 5.82 Å². The number of carbonyl (C=O) groups is 1. The van der Waals surface area contributed by atoms with Crippen LogP contribution in [0.25, 0.3) is 11.4 Å². The first-order chi connectivity index (χ1) is 12.7. The zero-order chi connectivity index (χ0) is 19.6. The summed E-state index contributed by atoms with van der Waals surface area (Å²) >= 11 is 10.7. The Kier molecular flexibility index (Phi) is 5.38. The van der Waals surface area contributed by atoms with Gasteiger partial charge in [-0.1, -0.05) is 41.0 Å². The highest BCUT2D eigenvalue weighted by atomic mass is 35.5. The second kappa shape index (κ2) is 7.58. The number of hydrogen-bond acceptors (Lipinski definition) is 5. The SMILES string of the molecule is O=C(CNc1ccc(F)cc1Cl)c1ccc(-c2noc(C(F)(F)Cl)n2)cc1. The van der Waals surface area contributed by atoms with Crippen LogP contribution < -0.4 is 5.32 Å². The lowest BCUT2D eigenvalue weighted by Gasteiger charge is -2.08. The maximum Gasteiger partial charge on any atom is 0.400 e. The molecule has 2 aromatic carbocycles. The number of aromatic nitrogens is 2. The molecule has 1 heterocycles. The van der Waals surface area contributed by atoms with Crippen LogP contribution in [0, 0.1) is 5.82 Å². The van der Waals surface area contributed by atoms with Gasteiger partial charge in [-0.2, -0.15) is 13.8 Å². The van der Waals surface area contributed by atoms with Gasteiger partial charge in [-0.3, -0.25) is 4.79 Å². The lowest BCUT2D eigenvalue weighted by Crippen LogP contribution is -2.14. The fraction of sp³-hybridized carbons (Fsp3) is 0.118. The third-order valence-corrected chi connectivity index (χ3v) is 3.98. The van der Waals surface area contributed by atoms with E-state index in [0.717, 1.165) is 6.07 Å². The van der Waals surface area contributed by atoms with E-state index in [1.165, 1.54) is 36.4 Å². The van der Waals surface area contributed by atoms with Gasteiger partial charge in [0.1, 0.15) is 5.82 Å². The first-order valence-electron chi connectivity index (χ1n) is 7.47. The zero-order valence-corrected chi connectivity index (χ0v) is 14.9. The van der Waals surface area contributed by atoms with Crippen LogP contribution in [-0.4, -0.2) is 22.5 Å². The molecule has 0 atom stereocenters. The Morgan fingerprint density at radius 3 is 2.48 bits per heavy atom. The van der Waals surface area contributed by atoms with E-state index >= 15 is 0 Å². The second-order valence-electron chi connectivity index (χ2n) is 5.40. The van der Waals surface area contributed by atoms with Gasteiger partial charge in [-0.05, 0) is 29.8 Å². The number of hydrogen-bond donors (Lipinski definition) is 1. The van der Waals surface area contributed by atoms with Crippen LogP contribution in [0.1, 0.15) is 16.2 Å². The van der Waals surface area contributed by atoms with Crippen molar-refractivity contribution in [3.8, 4) is 11.4 Å². The Morgan fingerprint density at radius 2 is 1.89 bits per heavy atom. The van der Waals surface area contributed by atoms with Gasteiger partial charge in [0.15, 0.2) is 5.78 Å². The summed E-state index contributed by atoms with van der Waals surface area (Å²) in [4.78, 5) is 15.8. The highest BCUT2D eigenvalue weighted by Crippen LogP contribution is 2.32. The van der Waals surface area contributed by atoms with Crippen molar-refractivity contribution in [2.45, 2.75) is 5.38 Å². The smallest absolute Gasteiger partial charge is 0.376 e. The lowest BCUT2D eigenvalue weighted by atomic mass is 10.1. The molecule has 5 nitrogen and oxygen atoms in total. The molecule has 0 spiro atoms. The number of nitrogens with zero attached hydrogens (tertiary/aromatic N) is 2. The number of ketones is 1. The van der Waals surface area contributed by atoms with Crippen LogP contribution in [0.15, 0.2) is 47.0 Å². The number of carbonyl (C=O) groups excluding carboxylic acids is 1. The highest BCUT2D eigenvalue weighted by Gasteiger charge is 2.35. The van der Waals surface area contributed by atoms with Crippen molar-refractivity contribution in [2.75, 3.05) is 11.9 Å². The third-order valence-electron chi connectivity index (χ3n) is 3.50. The number of anilines is 1. The van der Waals surface area contributed by atoms with Gasteiger partial charge in [-0.15, -0.1) is 0 Å². The molecule has 1 N–H and O–H groups in total. The van der Waals surface area contributed by atoms with Crippen LogP contribution in [0.5, 0.6) is 0 Å². The molecule has 0 aliphatic heterocycles. The molecule has 0 aliphatic rings. The summed E-state index contributed by atoms with van der Waals surface area (Å²) in [7, 11) is 0. The van der Waals surface area contributed by atoms with Gasteiger partial charge >= 0.3 is 11.3 Å². The van der Waals surface area contributed by atoms with Crippen LogP contribution in [0.3, 0.4) is 0 Å². The summed E-state index contributed by atoms with van der Waals surface area (Å²) in [6.45, 7) is -0.0739. The van der Waals surface area contributed by atoms with Gasteiger partial charge in [-0.25, -0.2) is 4.39 Å². The van der Waals surface area contributed by atoms with Crippen molar-refractivity contribution < 1.29 is 22.5 Å². The van der Waals surface area contributed by atoms with Crippen molar-refractivity contribution in [3.63, 3.8) is 0 Å². The average molecular weight is 416 g/mol. The predicted octanol–water partition coefficient (Wildman–Crippen LogP) is 5.11. The molecule has 0 amide bonds. The standard InChI is InChI=1S/C17H10Cl2F3N3O2/c18-12-7-11(20)5-6-13(12)23-8-14(26)9-1-3-10(4-2-9)15-24-16(27-25-15)17(19,21)22/h1-7,23H,8H2. The summed E-state index contributed by atoms with van der Waals surface area (Å²) in [6.07, 6.45) is 0. The Bertz CT molecular complexity index is 972. The van der Waals surface area contributed by atoms with Crippen LogP contribution >= 0.6 is 23.2 Å². The number of alkyl halides is 3. The van der Waals surface area contributed by atoms with Gasteiger partial charge in [0, 0.05) is 11.1 Å². The van der Waals surface area contributed by atoms with Crippen molar-refractivity contribution in [1.82, 2.24) is 10.1 Å². The van der Waals surface area contributed by atoms with Crippen molar-refractivity contribution in [2.24, 2.45) is 0 Å². The molecule has 0 saturated heterocycles. The first-order valence-corrected chi connectivity index (χ1v) is 8.23. The number of nitrogens with one attached hydrogen (secondary N) is 1. The number of rotatable bonds is 6. The fourth-order valence-electron chi connectivity index (χ4n) is 2.17. The average Bonchev–Trinajstić information content (AvgIpc) is 3.11. The normalized spacial score (nSPS) is 11.4. The van der Waals surface area contributed by atoms with E-state index < -0.39 is 17.1 Å². The quantitative estimate of drug-likeness (QED) is 0.447. The zero-order valence-electron chi connectivity index (χ0n) is 13.3. The Balaban J connectivity index is 1.67. The monoisotopic (exact) mass is 415 g/mol. The molecule has 1 aromatic heterocycles. The molecule has 0 unspecified atom stereocenters. The van der Waals surface area contributed by atoms with E-state index in [4.69, 9.17) is 23.2 Å². The molecule has 27 heavy (non-hydrogen) atoms. The summed E-state index contributed by atoms with van der Waals surface area (Å²) in [5.41, 5.74) is 1.15. The van der Waals surface area contributed by atoms with Crippen molar-refractivity contribution in [1.29, 1.82) is 0 Å².